The predicted octanol–water partition coefficient (Wildman–Crippen LogP) is 2.37. The highest BCUT2D eigenvalue weighted by Gasteiger charge is 2.14. The Kier molecular flexibility index (Phi) is 2.83. The molecule has 0 unspecified atom stereocenters. The van der Waals surface area contributed by atoms with Crippen LogP contribution in [0.3, 0.4) is 0 Å². The van der Waals surface area contributed by atoms with Crippen molar-refractivity contribution in [2.45, 2.75) is 0 Å². The van der Waals surface area contributed by atoms with Crippen LogP contribution in [0.5, 0.6) is 11.6 Å². The molecule has 0 amide bonds. The monoisotopic (exact) mass is 308 g/mol. The van der Waals surface area contributed by atoms with E-state index in [2.05, 4.69) is 20.5 Å². The lowest BCUT2D eigenvalue weighted by Gasteiger charge is -2.07. The van der Waals surface area contributed by atoms with Gasteiger partial charge in [0.2, 0.25) is 5.65 Å². The Labute approximate surface area is 128 Å². The average Bonchev–Trinajstić information content (AvgIpc) is 3.06. The average molecular weight is 308 g/mol. The number of nitro benzene ring substituents is 1. The molecule has 2 aromatic heterocycles. The van der Waals surface area contributed by atoms with Crippen molar-refractivity contribution in [1.29, 1.82) is 0 Å². The fourth-order valence-electron chi connectivity index (χ4n) is 2.20. The molecule has 112 valence electrons. The molecule has 0 atom stereocenters. The maximum atomic E-state index is 10.7. The molecule has 0 spiro atoms. The molecular weight excluding hydrogens is 300 g/mol. The lowest BCUT2D eigenvalue weighted by molar-refractivity contribution is -0.384. The van der Waals surface area contributed by atoms with Gasteiger partial charge in [0.25, 0.3) is 11.6 Å². The number of nitro groups is 1. The summed E-state index contributed by atoms with van der Waals surface area (Å²) in [6.07, 6.45) is 0. The summed E-state index contributed by atoms with van der Waals surface area (Å²) in [6, 6.07) is 13.1. The summed E-state index contributed by atoms with van der Waals surface area (Å²) in [7, 11) is 0. The number of hydrogen-bond acceptors (Lipinski definition) is 7. The number of tetrazole rings is 1. The quantitative estimate of drug-likeness (QED) is 0.422. The van der Waals surface area contributed by atoms with E-state index in [9.17, 15) is 10.1 Å². The Balaban J connectivity index is 1.81. The van der Waals surface area contributed by atoms with Crippen molar-refractivity contribution >= 4 is 22.4 Å². The van der Waals surface area contributed by atoms with Gasteiger partial charge in [0, 0.05) is 12.1 Å². The minimum absolute atomic E-state index is 0.0156. The van der Waals surface area contributed by atoms with Gasteiger partial charge in [-0.15, -0.1) is 5.10 Å². The fourth-order valence-corrected chi connectivity index (χ4v) is 2.20. The molecule has 23 heavy (non-hydrogen) atoms. The molecule has 2 heterocycles. The highest BCUT2D eigenvalue weighted by atomic mass is 16.6. The van der Waals surface area contributed by atoms with Crippen molar-refractivity contribution in [2.24, 2.45) is 0 Å². The molecule has 0 aliphatic rings. The van der Waals surface area contributed by atoms with Gasteiger partial charge >= 0.3 is 0 Å². The highest BCUT2D eigenvalue weighted by molar-refractivity contribution is 5.78. The summed E-state index contributed by atoms with van der Waals surface area (Å²) in [5, 5.41) is 22.2. The van der Waals surface area contributed by atoms with E-state index in [0.29, 0.717) is 16.9 Å². The van der Waals surface area contributed by atoms with Crippen LogP contribution in [0.1, 0.15) is 0 Å². The number of benzene rings is 2. The van der Waals surface area contributed by atoms with Gasteiger partial charge in [-0.05, 0) is 34.7 Å². The molecular formula is C14H8N6O3. The number of non-ortho nitro benzene ring substituents is 1. The van der Waals surface area contributed by atoms with Crippen LogP contribution in [-0.4, -0.2) is 29.9 Å². The van der Waals surface area contributed by atoms with Crippen LogP contribution in [0.4, 0.5) is 5.69 Å². The molecule has 0 aliphatic heterocycles. The lowest BCUT2D eigenvalue weighted by atomic mass is 10.3. The number of aromatic nitrogens is 5. The van der Waals surface area contributed by atoms with E-state index in [-0.39, 0.29) is 11.6 Å². The summed E-state index contributed by atoms with van der Waals surface area (Å²) in [6.45, 7) is 0. The van der Waals surface area contributed by atoms with Crippen molar-refractivity contribution in [3.05, 3.63) is 58.6 Å². The third-order valence-electron chi connectivity index (χ3n) is 3.25. The SMILES string of the molecule is O=[N+]([O-])c1ccc(Oc2nc3ccccc3n3nnnc23)cc1. The molecule has 4 aromatic rings. The molecule has 0 saturated carbocycles. The molecule has 0 bridgehead atoms. The molecule has 0 fully saturated rings. The number of nitrogens with zero attached hydrogens (tertiary/aromatic N) is 6. The molecule has 9 heteroatoms. The van der Waals surface area contributed by atoms with Crippen molar-refractivity contribution in [1.82, 2.24) is 25.0 Å². The lowest BCUT2D eigenvalue weighted by Crippen LogP contribution is -1.98. The molecule has 0 radical (unpaired) electrons. The van der Waals surface area contributed by atoms with E-state index in [4.69, 9.17) is 4.74 Å². The van der Waals surface area contributed by atoms with Gasteiger partial charge < -0.3 is 4.74 Å². The summed E-state index contributed by atoms with van der Waals surface area (Å²) >= 11 is 0. The van der Waals surface area contributed by atoms with Crippen molar-refractivity contribution in [2.75, 3.05) is 0 Å². The zero-order valence-corrected chi connectivity index (χ0v) is 11.5. The number of fused-ring (bicyclic) bond motifs is 3. The molecule has 9 nitrogen and oxygen atoms in total. The standard InChI is InChI=1S/C14H8N6O3/c21-20(22)9-5-7-10(8-6-9)23-14-13-16-17-18-19(13)12-4-2-1-3-11(12)15-14/h1-8H. The maximum Gasteiger partial charge on any atom is 0.269 e. The summed E-state index contributed by atoms with van der Waals surface area (Å²) < 4.78 is 7.23. The second-order valence-electron chi connectivity index (χ2n) is 4.67. The molecule has 0 aliphatic carbocycles. The second-order valence-corrected chi connectivity index (χ2v) is 4.67. The van der Waals surface area contributed by atoms with Gasteiger partial charge in [0.15, 0.2) is 0 Å². The fraction of sp³-hybridized carbons (Fsp3) is 0. The first-order chi connectivity index (χ1) is 11.2. The van der Waals surface area contributed by atoms with Crippen molar-refractivity contribution < 1.29 is 9.66 Å². The van der Waals surface area contributed by atoms with Crippen molar-refractivity contribution in [3.63, 3.8) is 0 Å². The van der Waals surface area contributed by atoms with Gasteiger partial charge in [-0.1, -0.05) is 12.1 Å². The minimum Gasteiger partial charge on any atom is -0.436 e. The van der Waals surface area contributed by atoms with Gasteiger partial charge in [-0.3, -0.25) is 10.1 Å². The molecule has 4 rings (SSSR count). The second kappa shape index (κ2) is 4.98. The third kappa shape index (κ3) is 2.20. The Morgan fingerprint density at radius 1 is 1.09 bits per heavy atom. The Bertz CT molecular complexity index is 1030. The number of para-hydroxylation sites is 2. The normalized spacial score (nSPS) is 11.0. The van der Waals surface area contributed by atoms with E-state index < -0.39 is 4.92 Å². The number of rotatable bonds is 3. The van der Waals surface area contributed by atoms with E-state index in [0.717, 1.165) is 5.52 Å². The van der Waals surface area contributed by atoms with Crippen LogP contribution in [0.2, 0.25) is 0 Å². The van der Waals surface area contributed by atoms with Gasteiger partial charge in [-0.25, -0.2) is 4.98 Å². The topological polar surface area (TPSA) is 108 Å². The summed E-state index contributed by atoms with van der Waals surface area (Å²) in [4.78, 5) is 14.6. The van der Waals surface area contributed by atoms with Gasteiger partial charge in [-0.2, -0.15) is 4.52 Å². The minimum atomic E-state index is -0.474. The highest BCUT2D eigenvalue weighted by Crippen LogP contribution is 2.27. The van der Waals surface area contributed by atoms with Crippen molar-refractivity contribution in [3.8, 4) is 11.6 Å². The maximum absolute atomic E-state index is 10.7. The van der Waals surface area contributed by atoms with Gasteiger partial charge in [0.05, 0.1) is 16.0 Å². The van der Waals surface area contributed by atoms with E-state index >= 15 is 0 Å². The summed E-state index contributed by atoms with van der Waals surface area (Å²) in [5.74, 6) is 0.630. The van der Waals surface area contributed by atoms with E-state index in [1.54, 1.807) is 0 Å². The van der Waals surface area contributed by atoms with Crippen LogP contribution in [0.15, 0.2) is 48.5 Å². The van der Waals surface area contributed by atoms with Gasteiger partial charge in [0.1, 0.15) is 5.75 Å². The molecule has 0 N–H and O–H groups in total. The molecule has 0 saturated heterocycles. The van der Waals surface area contributed by atoms with E-state index in [1.807, 2.05) is 24.3 Å². The first-order valence-electron chi connectivity index (χ1n) is 6.61. The first-order valence-corrected chi connectivity index (χ1v) is 6.61. The van der Waals surface area contributed by atoms with Crippen LogP contribution in [0.25, 0.3) is 16.7 Å². The number of ether oxygens (including phenoxy) is 1. The van der Waals surface area contributed by atoms with Crippen LogP contribution in [-0.2, 0) is 0 Å². The van der Waals surface area contributed by atoms with Crippen LogP contribution >= 0.6 is 0 Å². The third-order valence-corrected chi connectivity index (χ3v) is 3.25. The number of hydrogen-bond donors (Lipinski definition) is 0. The predicted molar refractivity (Wildman–Crippen MR) is 79.3 cm³/mol. The first kappa shape index (κ1) is 13.1. The molecule has 2 aromatic carbocycles. The largest absolute Gasteiger partial charge is 0.436 e. The summed E-state index contributed by atoms with van der Waals surface area (Å²) in [5.41, 5.74) is 1.77. The van der Waals surface area contributed by atoms with Crippen LogP contribution in [0, 0.1) is 10.1 Å². The smallest absolute Gasteiger partial charge is 0.269 e. The Morgan fingerprint density at radius 2 is 1.87 bits per heavy atom. The Morgan fingerprint density at radius 3 is 2.65 bits per heavy atom. The van der Waals surface area contributed by atoms with Crippen LogP contribution < -0.4 is 4.74 Å². The van der Waals surface area contributed by atoms with E-state index in [1.165, 1.54) is 28.8 Å². The zero-order chi connectivity index (χ0) is 15.8. The zero-order valence-electron chi connectivity index (χ0n) is 11.5. The Hall–Kier alpha value is -3.62.